The second-order valence-electron chi connectivity index (χ2n) is 6.39. The van der Waals surface area contributed by atoms with Gasteiger partial charge in [0.2, 0.25) is 0 Å². The van der Waals surface area contributed by atoms with E-state index in [0.29, 0.717) is 18.9 Å². The summed E-state index contributed by atoms with van der Waals surface area (Å²) in [5, 5.41) is 0. The number of rotatable bonds is 6. The molecule has 0 saturated carbocycles. The molecular weight excluding hydrogens is 276 g/mol. The van der Waals surface area contributed by atoms with E-state index in [1.165, 1.54) is 11.1 Å². The van der Waals surface area contributed by atoms with E-state index in [0.717, 1.165) is 32.5 Å². The normalized spacial score (nSPS) is 22.5. The van der Waals surface area contributed by atoms with E-state index in [9.17, 15) is 4.79 Å². The molecule has 1 saturated heterocycles. The summed E-state index contributed by atoms with van der Waals surface area (Å²) in [5.74, 6) is 0.394. The summed E-state index contributed by atoms with van der Waals surface area (Å²) < 4.78 is 5.01. The molecule has 0 bridgehead atoms. The highest BCUT2D eigenvalue weighted by Gasteiger charge is 2.25. The lowest BCUT2D eigenvalue weighted by Gasteiger charge is -2.36. The van der Waals surface area contributed by atoms with Crippen LogP contribution in [0.3, 0.4) is 0 Å². The Balaban J connectivity index is 1.84. The molecule has 1 heterocycles. The van der Waals surface area contributed by atoms with Crippen molar-refractivity contribution >= 4 is 5.97 Å². The number of hydrogen-bond acceptors (Lipinski definition) is 4. The smallest absolute Gasteiger partial charge is 0.305 e. The quantitative estimate of drug-likeness (QED) is 0.820. The maximum atomic E-state index is 11.5. The molecule has 1 aromatic carbocycles. The van der Waals surface area contributed by atoms with Gasteiger partial charge in [-0.05, 0) is 38.2 Å². The van der Waals surface area contributed by atoms with Crippen molar-refractivity contribution in [2.75, 3.05) is 19.7 Å². The van der Waals surface area contributed by atoms with Crippen molar-refractivity contribution in [3.05, 3.63) is 35.4 Å². The van der Waals surface area contributed by atoms with Crippen molar-refractivity contribution in [1.82, 2.24) is 4.90 Å². The van der Waals surface area contributed by atoms with Crippen LogP contribution in [0.2, 0.25) is 0 Å². The van der Waals surface area contributed by atoms with E-state index in [2.05, 4.69) is 36.1 Å². The standard InChI is InChI=1S/C18H28N2O2/c1-3-22-18(21)9-8-16-10-17(19)13-20(12-16)11-15-6-4-14(2)5-7-15/h4-7,16-17H,3,8-13,19H2,1-2H3. The highest BCUT2D eigenvalue weighted by Crippen LogP contribution is 2.22. The fraction of sp³-hybridized carbons (Fsp3) is 0.611. The van der Waals surface area contributed by atoms with Crippen molar-refractivity contribution in [1.29, 1.82) is 0 Å². The third-order valence-corrected chi connectivity index (χ3v) is 4.23. The Labute approximate surface area is 133 Å². The summed E-state index contributed by atoms with van der Waals surface area (Å²) in [7, 11) is 0. The third kappa shape index (κ3) is 5.43. The SMILES string of the molecule is CCOC(=O)CCC1CC(N)CN(Cc2ccc(C)cc2)C1. The minimum Gasteiger partial charge on any atom is -0.466 e. The van der Waals surface area contributed by atoms with E-state index >= 15 is 0 Å². The largest absolute Gasteiger partial charge is 0.466 e. The van der Waals surface area contributed by atoms with Crippen molar-refractivity contribution in [2.45, 2.75) is 45.7 Å². The predicted octanol–water partition coefficient (Wildman–Crippen LogP) is 2.49. The first-order valence-corrected chi connectivity index (χ1v) is 8.26. The highest BCUT2D eigenvalue weighted by molar-refractivity contribution is 5.69. The Hall–Kier alpha value is -1.39. The second-order valence-corrected chi connectivity index (χ2v) is 6.39. The lowest BCUT2D eigenvalue weighted by molar-refractivity contribution is -0.143. The summed E-state index contributed by atoms with van der Waals surface area (Å²) in [4.78, 5) is 13.9. The van der Waals surface area contributed by atoms with Crippen molar-refractivity contribution in [2.24, 2.45) is 11.7 Å². The number of esters is 1. The Morgan fingerprint density at radius 3 is 2.73 bits per heavy atom. The zero-order valence-corrected chi connectivity index (χ0v) is 13.8. The van der Waals surface area contributed by atoms with Crippen LogP contribution < -0.4 is 5.73 Å². The molecule has 2 N–H and O–H groups in total. The van der Waals surface area contributed by atoms with Gasteiger partial charge in [0, 0.05) is 32.1 Å². The van der Waals surface area contributed by atoms with Crippen LogP contribution in [0, 0.1) is 12.8 Å². The fourth-order valence-electron chi connectivity index (χ4n) is 3.19. The maximum absolute atomic E-state index is 11.5. The molecule has 2 rings (SSSR count). The summed E-state index contributed by atoms with van der Waals surface area (Å²) in [5.41, 5.74) is 8.81. The number of piperidine rings is 1. The van der Waals surface area contributed by atoms with E-state index in [4.69, 9.17) is 10.5 Å². The van der Waals surface area contributed by atoms with Gasteiger partial charge in [0.25, 0.3) is 0 Å². The molecule has 22 heavy (non-hydrogen) atoms. The number of ether oxygens (including phenoxy) is 1. The van der Waals surface area contributed by atoms with Gasteiger partial charge in [0.1, 0.15) is 0 Å². The fourth-order valence-corrected chi connectivity index (χ4v) is 3.19. The molecule has 0 aliphatic carbocycles. The van der Waals surface area contributed by atoms with Crippen molar-refractivity contribution in [3.63, 3.8) is 0 Å². The van der Waals surface area contributed by atoms with Gasteiger partial charge in [0.15, 0.2) is 0 Å². The average Bonchev–Trinajstić information content (AvgIpc) is 2.47. The number of carbonyl (C=O) groups is 1. The van der Waals surface area contributed by atoms with Crippen molar-refractivity contribution < 1.29 is 9.53 Å². The molecule has 2 atom stereocenters. The molecule has 0 aromatic heterocycles. The molecule has 1 aliphatic heterocycles. The minimum atomic E-state index is -0.0910. The van der Waals surface area contributed by atoms with Crippen LogP contribution in [0.1, 0.15) is 37.3 Å². The van der Waals surface area contributed by atoms with Gasteiger partial charge in [-0.15, -0.1) is 0 Å². The number of likely N-dealkylation sites (tertiary alicyclic amines) is 1. The van der Waals surface area contributed by atoms with Gasteiger partial charge < -0.3 is 10.5 Å². The van der Waals surface area contributed by atoms with Crippen LogP contribution in [0.15, 0.2) is 24.3 Å². The zero-order valence-electron chi connectivity index (χ0n) is 13.8. The summed E-state index contributed by atoms with van der Waals surface area (Å²) >= 11 is 0. The van der Waals surface area contributed by atoms with Gasteiger partial charge in [-0.3, -0.25) is 9.69 Å². The summed E-state index contributed by atoms with van der Waals surface area (Å²) in [6, 6.07) is 8.87. The molecule has 2 unspecified atom stereocenters. The lowest BCUT2D eigenvalue weighted by Crippen LogP contribution is -2.46. The minimum absolute atomic E-state index is 0.0910. The lowest BCUT2D eigenvalue weighted by atomic mass is 9.90. The Morgan fingerprint density at radius 1 is 1.32 bits per heavy atom. The van der Waals surface area contributed by atoms with Gasteiger partial charge in [-0.25, -0.2) is 0 Å². The van der Waals surface area contributed by atoms with Crippen LogP contribution >= 0.6 is 0 Å². The number of aryl methyl sites for hydroxylation is 1. The number of nitrogens with two attached hydrogens (primary N) is 1. The first kappa shape index (κ1) is 17.0. The Kier molecular flexibility index (Phi) is 6.40. The Bertz CT molecular complexity index is 472. The van der Waals surface area contributed by atoms with Crippen LogP contribution in [0.25, 0.3) is 0 Å². The zero-order chi connectivity index (χ0) is 15.9. The number of nitrogens with zero attached hydrogens (tertiary/aromatic N) is 1. The molecule has 1 aromatic rings. The number of benzene rings is 1. The number of hydrogen-bond donors (Lipinski definition) is 1. The molecule has 1 aliphatic rings. The second kappa shape index (κ2) is 8.30. The molecule has 4 nitrogen and oxygen atoms in total. The van der Waals surface area contributed by atoms with Crippen LogP contribution in [0.4, 0.5) is 0 Å². The first-order valence-electron chi connectivity index (χ1n) is 8.26. The van der Waals surface area contributed by atoms with E-state index < -0.39 is 0 Å². The van der Waals surface area contributed by atoms with Crippen molar-refractivity contribution in [3.8, 4) is 0 Å². The number of carbonyl (C=O) groups excluding carboxylic acids is 1. The van der Waals surface area contributed by atoms with Gasteiger partial charge in [-0.1, -0.05) is 29.8 Å². The van der Waals surface area contributed by atoms with Gasteiger partial charge >= 0.3 is 5.97 Å². The molecular formula is C18H28N2O2. The van der Waals surface area contributed by atoms with Gasteiger partial charge in [-0.2, -0.15) is 0 Å². The van der Waals surface area contributed by atoms with E-state index in [1.54, 1.807) is 0 Å². The Morgan fingerprint density at radius 2 is 2.05 bits per heavy atom. The van der Waals surface area contributed by atoms with Gasteiger partial charge in [0.05, 0.1) is 6.61 Å². The van der Waals surface area contributed by atoms with E-state index in [-0.39, 0.29) is 12.0 Å². The molecule has 0 spiro atoms. The molecule has 1 fully saturated rings. The average molecular weight is 304 g/mol. The third-order valence-electron chi connectivity index (χ3n) is 4.23. The molecule has 4 heteroatoms. The monoisotopic (exact) mass is 304 g/mol. The summed E-state index contributed by atoms with van der Waals surface area (Å²) in [6.45, 7) is 7.29. The molecule has 0 amide bonds. The highest BCUT2D eigenvalue weighted by atomic mass is 16.5. The maximum Gasteiger partial charge on any atom is 0.305 e. The molecule has 122 valence electrons. The van der Waals surface area contributed by atoms with Crippen LogP contribution in [-0.4, -0.2) is 36.6 Å². The van der Waals surface area contributed by atoms with E-state index in [1.807, 2.05) is 6.92 Å². The predicted molar refractivity (Wildman–Crippen MR) is 88.4 cm³/mol. The first-order chi connectivity index (χ1) is 10.6. The molecule has 0 radical (unpaired) electrons. The van der Waals surface area contributed by atoms with Crippen LogP contribution in [-0.2, 0) is 16.1 Å². The van der Waals surface area contributed by atoms with Crippen LogP contribution in [0.5, 0.6) is 0 Å². The topological polar surface area (TPSA) is 55.6 Å². The summed E-state index contributed by atoms with van der Waals surface area (Å²) in [6.07, 6.45) is 2.38.